The normalized spacial score (nSPS) is 18.9. The highest BCUT2D eigenvalue weighted by Crippen LogP contribution is 2.45. The predicted octanol–water partition coefficient (Wildman–Crippen LogP) is 4.65. The average molecular weight is 312 g/mol. The third-order valence-electron chi connectivity index (χ3n) is 5.06. The van der Waals surface area contributed by atoms with Gasteiger partial charge in [0.1, 0.15) is 5.75 Å². The monoisotopic (exact) mass is 312 g/mol. The topological polar surface area (TPSA) is 18.5 Å². The van der Waals surface area contributed by atoms with Crippen LogP contribution in [0.15, 0.2) is 48.5 Å². The average Bonchev–Trinajstić information content (AvgIpc) is 2.71. The van der Waals surface area contributed by atoms with Crippen molar-refractivity contribution in [3.63, 3.8) is 0 Å². The Balaban J connectivity index is 1.81. The van der Waals surface area contributed by atoms with Crippen LogP contribution in [-0.4, -0.2) is 12.5 Å². The van der Waals surface area contributed by atoms with Gasteiger partial charge in [-0.05, 0) is 55.3 Å². The van der Waals surface area contributed by atoms with Crippen molar-refractivity contribution in [3.8, 4) is 11.5 Å². The Morgan fingerprint density at radius 1 is 1.04 bits per heavy atom. The highest BCUT2D eigenvalue weighted by atomic mass is 19.1. The molecular weight excluding hydrogens is 290 g/mol. The maximum absolute atomic E-state index is 14.4. The van der Waals surface area contributed by atoms with Gasteiger partial charge in [0, 0.05) is 0 Å². The first-order valence-corrected chi connectivity index (χ1v) is 7.99. The van der Waals surface area contributed by atoms with Gasteiger partial charge in [0.2, 0.25) is 0 Å². The lowest BCUT2D eigenvalue weighted by Crippen LogP contribution is -2.36. The molecule has 0 unspecified atom stereocenters. The van der Waals surface area contributed by atoms with E-state index in [0.29, 0.717) is 5.75 Å². The molecule has 1 aliphatic heterocycles. The Kier molecular flexibility index (Phi) is 3.97. The van der Waals surface area contributed by atoms with Gasteiger partial charge in [0.05, 0.1) is 5.60 Å². The van der Waals surface area contributed by atoms with Crippen LogP contribution in [0.1, 0.15) is 27.7 Å². The lowest BCUT2D eigenvalue weighted by atomic mass is 9.54. The molecular formula is C19H22BFO2. The van der Waals surface area contributed by atoms with Crippen molar-refractivity contribution < 1.29 is 13.8 Å². The molecule has 4 heteroatoms. The molecule has 2 aromatic carbocycles. The van der Waals surface area contributed by atoms with E-state index in [1.54, 1.807) is 18.2 Å². The van der Waals surface area contributed by atoms with Gasteiger partial charge < -0.3 is 9.39 Å². The first-order chi connectivity index (χ1) is 10.8. The van der Waals surface area contributed by atoms with Crippen LogP contribution in [0, 0.1) is 11.2 Å². The van der Waals surface area contributed by atoms with Crippen molar-refractivity contribution in [3.05, 3.63) is 54.3 Å². The van der Waals surface area contributed by atoms with Crippen molar-refractivity contribution in [2.24, 2.45) is 5.41 Å². The number of para-hydroxylation sites is 1. The van der Waals surface area contributed by atoms with Crippen molar-refractivity contribution in [1.29, 1.82) is 0 Å². The van der Waals surface area contributed by atoms with Crippen LogP contribution >= 0.6 is 0 Å². The number of ether oxygens (including phenoxy) is 1. The van der Waals surface area contributed by atoms with Gasteiger partial charge in [0.25, 0.3) is 0 Å². The molecule has 0 N–H and O–H groups in total. The van der Waals surface area contributed by atoms with Gasteiger partial charge in [-0.2, -0.15) is 0 Å². The van der Waals surface area contributed by atoms with E-state index in [0.717, 1.165) is 11.8 Å². The van der Waals surface area contributed by atoms with E-state index in [9.17, 15) is 4.39 Å². The zero-order chi connectivity index (χ0) is 16.7. The second kappa shape index (κ2) is 5.68. The first-order valence-electron chi connectivity index (χ1n) is 7.99. The summed E-state index contributed by atoms with van der Waals surface area (Å²) in [5.74, 6) is 0.493. The fraction of sp³-hybridized carbons (Fsp3) is 0.368. The summed E-state index contributed by atoms with van der Waals surface area (Å²) in [6.07, 6.45) is 0.873. The highest BCUT2D eigenvalue weighted by molar-refractivity contribution is 6.68. The SMILES string of the molecule is CC1(C)CB(c2ccc(Oc3ccccc3)c(F)c2)OC1(C)C. The number of halogens is 1. The number of benzene rings is 2. The van der Waals surface area contributed by atoms with E-state index in [1.807, 2.05) is 24.3 Å². The van der Waals surface area contributed by atoms with Crippen LogP contribution in [0.2, 0.25) is 6.32 Å². The summed E-state index contributed by atoms with van der Waals surface area (Å²) in [5.41, 5.74) is 0.683. The molecule has 3 rings (SSSR count). The predicted molar refractivity (Wildman–Crippen MR) is 92.1 cm³/mol. The molecule has 1 fully saturated rings. The van der Waals surface area contributed by atoms with E-state index in [-0.39, 0.29) is 29.5 Å². The Labute approximate surface area is 137 Å². The summed E-state index contributed by atoms with van der Waals surface area (Å²) < 4.78 is 26.1. The Morgan fingerprint density at radius 2 is 1.74 bits per heavy atom. The van der Waals surface area contributed by atoms with Gasteiger partial charge in [0.15, 0.2) is 11.6 Å². The zero-order valence-electron chi connectivity index (χ0n) is 14.1. The molecule has 0 bridgehead atoms. The molecule has 23 heavy (non-hydrogen) atoms. The lowest BCUT2D eigenvalue weighted by Gasteiger charge is -2.34. The zero-order valence-corrected chi connectivity index (χ0v) is 14.1. The fourth-order valence-corrected chi connectivity index (χ4v) is 2.87. The molecule has 2 aromatic rings. The minimum atomic E-state index is -0.363. The van der Waals surface area contributed by atoms with Crippen LogP contribution in [-0.2, 0) is 4.65 Å². The molecule has 1 heterocycles. The molecule has 120 valence electrons. The second-order valence-electron chi connectivity index (χ2n) is 7.31. The third-order valence-corrected chi connectivity index (χ3v) is 5.06. The summed E-state index contributed by atoms with van der Waals surface area (Å²) in [5, 5.41) is 0. The minimum absolute atomic E-state index is 0.0490. The highest BCUT2D eigenvalue weighted by Gasteiger charge is 2.49. The molecule has 2 nitrogen and oxygen atoms in total. The number of hydrogen-bond donors (Lipinski definition) is 0. The molecule has 0 aliphatic carbocycles. The van der Waals surface area contributed by atoms with E-state index in [2.05, 4.69) is 27.7 Å². The number of rotatable bonds is 3. The van der Waals surface area contributed by atoms with Crippen LogP contribution in [0.25, 0.3) is 0 Å². The van der Waals surface area contributed by atoms with Gasteiger partial charge >= 0.3 is 6.92 Å². The van der Waals surface area contributed by atoms with Crippen LogP contribution in [0.4, 0.5) is 4.39 Å². The molecule has 0 spiro atoms. The number of hydrogen-bond acceptors (Lipinski definition) is 2. The largest absolute Gasteiger partial charge is 0.454 e. The Morgan fingerprint density at radius 3 is 2.30 bits per heavy atom. The smallest absolute Gasteiger partial charge is 0.328 e. The Bertz CT molecular complexity index is 682. The van der Waals surface area contributed by atoms with E-state index >= 15 is 0 Å². The summed E-state index contributed by atoms with van der Waals surface area (Å²) in [7, 11) is 0. The molecule has 0 amide bonds. The van der Waals surface area contributed by atoms with Crippen LogP contribution in [0.3, 0.4) is 0 Å². The van der Waals surface area contributed by atoms with E-state index < -0.39 is 0 Å². The maximum Gasteiger partial charge on any atom is 0.328 e. The molecule has 0 atom stereocenters. The fourth-order valence-electron chi connectivity index (χ4n) is 2.87. The maximum atomic E-state index is 14.4. The summed E-state index contributed by atoms with van der Waals surface area (Å²) in [4.78, 5) is 0. The quantitative estimate of drug-likeness (QED) is 0.768. The first kappa shape index (κ1) is 16.1. The second-order valence-corrected chi connectivity index (χ2v) is 7.31. The van der Waals surface area contributed by atoms with Crippen molar-refractivity contribution in [2.45, 2.75) is 39.6 Å². The third kappa shape index (κ3) is 3.13. The van der Waals surface area contributed by atoms with Crippen molar-refractivity contribution in [2.75, 3.05) is 0 Å². The van der Waals surface area contributed by atoms with Crippen molar-refractivity contribution in [1.82, 2.24) is 0 Å². The van der Waals surface area contributed by atoms with Crippen LogP contribution < -0.4 is 10.2 Å². The minimum Gasteiger partial charge on any atom is -0.454 e. The van der Waals surface area contributed by atoms with Gasteiger partial charge in [-0.15, -0.1) is 0 Å². The standard InChI is InChI=1S/C19H22BFO2/c1-18(2)13-20(23-19(18,3)4)14-10-11-17(16(21)12-14)22-15-8-6-5-7-9-15/h5-12H,13H2,1-4H3. The van der Waals surface area contributed by atoms with E-state index in [1.165, 1.54) is 6.07 Å². The summed E-state index contributed by atoms with van der Waals surface area (Å²) >= 11 is 0. The van der Waals surface area contributed by atoms with Crippen molar-refractivity contribution >= 4 is 12.4 Å². The Hall–Kier alpha value is -1.81. The molecule has 0 saturated carbocycles. The summed E-state index contributed by atoms with van der Waals surface area (Å²) in [6.45, 7) is 8.49. The molecule has 0 aromatic heterocycles. The molecule has 1 saturated heterocycles. The van der Waals surface area contributed by atoms with Gasteiger partial charge in [-0.25, -0.2) is 4.39 Å². The molecule has 1 aliphatic rings. The van der Waals surface area contributed by atoms with Gasteiger partial charge in [-0.3, -0.25) is 0 Å². The molecule has 0 radical (unpaired) electrons. The lowest BCUT2D eigenvalue weighted by molar-refractivity contribution is 0.0375. The van der Waals surface area contributed by atoms with E-state index in [4.69, 9.17) is 9.39 Å². The van der Waals surface area contributed by atoms with Crippen LogP contribution in [0.5, 0.6) is 11.5 Å². The summed E-state index contributed by atoms with van der Waals surface area (Å²) in [6, 6.07) is 14.3. The van der Waals surface area contributed by atoms with Gasteiger partial charge in [-0.1, -0.05) is 38.1 Å².